The average molecular weight is 259 g/mol. The number of esters is 1. The summed E-state index contributed by atoms with van der Waals surface area (Å²) in [4.78, 5) is 20.3. The van der Waals surface area contributed by atoms with Crippen molar-refractivity contribution in [3.05, 3.63) is 29.8 Å². The second-order valence-electron chi connectivity index (χ2n) is 4.66. The van der Waals surface area contributed by atoms with Gasteiger partial charge in [-0.1, -0.05) is 11.2 Å². The fourth-order valence-electron chi connectivity index (χ4n) is 2.02. The molecule has 0 aromatic carbocycles. The lowest BCUT2D eigenvalue weighted by Gasteiger charge is -2.05. The maximum absolute atomic E-state index is 11.7. The molecular formula is C13H13N3O3. The predicted molar refractivity (Wildman–Crippen MR) is 65.2 cm³/mol. The van der Waals surface area contributed by atoms with Gasteiger partial charge in [0, 0.05) is 5.69 Å². The summed E-state index contributed by atoms with van der Waals surface area (Å²) in [5.41, 5.74) is 0.776. The minimum Gasteiger partial charge on any atom is -0.468 e. The lowest BCUT2D eigenvalue weighted by molar-refractivity contribution is -0.144. The van der Waals surface area contributed by atoms with Gasteiger partial charge in [-0.05, 0) is 31.9 Å². The Kier molecular flexibility index (Phi) is 2.58. The van der Waals surface area contributed by atoms with Crippen LogP contribution in [-0.4, -0.2) is 28.2 Å². The zero-order chi connectivity index (χ0) is 13.5. The van der Waals surface area contributed by atoms with E-state index in [1.54, 1.807) is 6.07 Å². The van der Waals surface area contributed by atoms with E-state index in [1.165, 1.54) is 7.11 Å². The standard InChI is InChI=1S/C13H13N3O3/c1-8-4-3-5-9(14-8)10-15-11(19-16-10)13(6-7-13)12(17)18-2/h3-5H,6-7H2,1-2H3. The molecule has 2 aromatic heterocycles. The van der Waals surface area contributed by atoms with Crippen molar-refractivity contribution >= 4 is 5.97 Å². The zero-order valence-electron chi connectivity index (χ0n) is 10.7. The maximum Gasteiger partial charge on any atom is 0.321 e. The number of pyridine rings is 1. The molecule has 0 atom stereocenters. The molecule has 1 fully saturated rings. The van der Waals surface area contributed by atoms with Crippen LogP contribution in [0, 0.1) is 6.92 Å². The van der Waals surface area contributed by atoms with E-state index in [1.807, 2.05) is 19.1 Å². The Morgan fingerprint density at radius 1 is 1.37 bits per heavy atom. The summed E-state index contributed by atoms with van der Waals surface area (Å²) in [5.74, 6) is 0.395. The molecule has 0 N–H and O–H groups in total. The smallest absolute Gasteiger partial charge is 0.321 e. The van der Waals surface area contributed by atoms with Crippen LogP contribution in [-0.2, 0) is 14.9 Å². The molecule has 1 aliphatic carbocycles. The minimum atomic E-state index is -0.732. The van der Waals surface area contributed by atoms with Gasteiger partial charge in [0.1, 0.15) is 11.1 Å². The van der Waals surface area contributed by atoms with E-state index < -0.39 is 5.41 Å². The molecule has 98 valence electrons. The van der Waals surface area contributed by atoms with Gasteiger partial charge in [-0.2, -0.15) is 4.98 Å². The SMILES string of the molecule is COC(=O)C1(c2nc(-c3cccc(C)n3)no2)CC1. The molecule has 6 heteroatoms. The van der Waals surface area contributed by atoms with Gasteiger partial charge < -0.3 is 9.26 Å². The molecule has 0 spiro atoms. The van der Waals surface area contributed by atoms with Crippen LogP contribution >= 0.6 is 0 Å². The Balaban J connectivity index is 1.94. The first kappa shape index (κ1) is 11.8. The highest BCUT2D eigenvalue weighted by atomic mass is 16.5. The molecule has 3 rings (SSSR count). The molecule has 6 nitrogen and oxygen atoms in total. The van der Waals surface area contributed by atoms with Crippen molar-refractivity contribution in [2.45, 2.75) is 25.2 Å². The van der Waals surface area contributed by atoms with E-state index in [0.717, 1.165) is 5.69 Å². The van der Waals surface area contributed by atoms with Gasteiger partial charge in [-0.25, -0.2) is 4.98 Å². The van der Waals surface area contributed by atoms with Crippen LogP contribution in [0.5, 0.6) is 0 Å². The van der Waals surface area contributed by atoms with Crippen molar-refractivity contribution in [1.82, 2.24) is 15.1 Å². The second-order valence-corrected chi connectivity index (χ2v) is 4.66. The molecule has 0 aliphatic heterocycles. The fraction of sp³-hybridized carbons (Fsp3) is 0.385. The second kappa shape index (κ2) is 4.15. The van der Waals surface area contributed by atoms with Crippen LogP contribution in [0.3, 0.4) is 0 Å². The highest BCUT2D eigenvalue weighted by molar-refractivity contribution is 5.85. The summed E-state index contributed by atoms with van der Waals surface area (Å²) in [7, 11) is 1.36. The number of hydrogen-bond acceptors (Lipinski definition) is 6. The number of hydrogen-bond donors (Lipinski definition) is 0. The molecule has 0 unspecified atom stereocenters. The van der Waals surface area contributed by atoms with Crippen molar-refractivity contribution in [3.8, 4) is 11.5 Å². The van der Waals surface area contributed by atoms with Crippen LogP contribution in [0.15, 0.2) is 22.7 Å². The average Bonchev–Trinajstić information content (AvgIpc) is 3.08. The Morgan fingerprint density at radius 3 is 2.79 bits per heavy atom. The minimum absolute atomic E-state index is 0.317. The fourth-order valence-corrected chi connectivity index (χ4v) is 2.02. The van der Waals surface area contributed by atoms with E-state index in [9.17, 15) is 4.79 Å². The highest BCUT2D eigenvalue weighted by Gasteiger charge is 2.57. The lowest BCUT2D eigenvalue weighted by Crippen LogP contribution is -2.22. The maximum atomic E-state index is 11.7. The number of rotatable bonds is 3. The Hall–Kier alpha value is -2.24. The Labute approximate surface area is 109 Å². The van der Waals surface area contributed by atoms with Gasteiger partial charge in [0.25, 0.3) is 0 Å². The summed E-state index contributed by atoms with van der Waals surface area (Å²) in [6.45, 7) is 1.89. The predicted octanol–water partition coefficient (Wildman–Crippen LogP) is 1.64. The highest BCUT2D eigenvalue weighted by Crippen LogP contribution is 2.48. The van der Waals surface area contributed by atoms with E-state index in [-0.39, 0.29) is 5.97 Å². The first-order chi connectivity index (χ1) is 9.15. The van der Waals surface area contributed by atoms with Gasteiger partial charge >= 0.3 is 5.97 Å². The molecule has 1 saturated carbocycles. The summed E-state index contributed by atoms with van der Waals surface area (Å²) >= 11 is 0. The van der Waals surface area contributed by atoms with E-state index in [2.05, 4.69) is 15.1 Å². The van der Waals surface area contributed by atoms with Crippen LogP contribution < -0.4 is 0 Å². The molecule has 0 bridgehead atoms. The largest absolute Gasteiger partial charge is 0.468 e. The van der Waals surface area contributed by atoms with Gasteiger partial charge in [-0.15, -0.1) is 0 Å². The third-order valence-corrected chi connectivity index (χ3v) is 3.28. The quantitative estimate of drug-likeness (QED) is 0.780. The van der Waals surface area contributed by atoms with E-state index in [4.69, 9.17) is 9.26 Å². The molecule has 1 aliphatic rings. The van der Waals surface area contributed by atoms with Crippen LogP contribution in [0.2, 0.25) is 0 Å². The van der Waals surface area contributed by atoms with Crippen molar-refractivity contribution < 1.29 is 14.1 Å². The van der Waals surface area contributed by atoms with Crippen LogP contribution in [0.25, 0.3) is 11.5 Å². The number of aryl methyl sites for hydroxylation is 1. The first-order valence-electron chi connectivity index (χ1n) is 6.02. The van der Waals surface area contributed by atoms with E-state index in [0.29, 0.717) is 30.3 Å². The summed E-state index contributed by atoms with van der Waals surface area (Å²) in [6.07, 6.45) is 1.37. The van der Waals surface area contributed by atoms with Gasteiger partial charge in [0.2, 0.25) is 11.7 Å². The Bertz CT molecular complexity index is 632. The Morgan fingerprint density at radius 2 is 2.16 bits per heavy atom. The number of nitrogens with zero attached hydrogens (tertiary/aromatic N) is 3. The topological polar surface area (TPSA) is 78.1 Å². The van der Waals surface area contributed by atoms with Gasteiger partial charge in [0.15, 0.2) is 0 Å². The number of aromatic nitrogens is 3. The molecular weight excluding hydrogens is 246 g/mol. The molecule has 2 heterocycles. The third-order valence-electron chi connectivity index (χ3n) is 3.28. The van der Waals surface area contributed by atoms with Gasteiger partial charge in [0.05, 0.1) is 7.11 Å². The van der Waals surface area contributed by atoms with Crippen molar-refractivity contribution in [1.29, 1.82) is 0 Å². The molecule has 0 radical (unpaired) electrons. The zero-order valence-corrected chi connectivity index (χ0v) is 10.7. The molecule has 0 amide bonds. The van der Waals surface area contributed by atoms with Crippen LogP contribution in [0.4, 0.5) is 0 Å². The number of carbonyl (C=O) groups is 1. The first-order valence-corrected chi connectivity index (χ1v) is 6.02. The van der Waals surface area contributed by atoms with Crippen molar-refractivity contribution in [2.75, 3.05) is 7.11 Å². The summed E-state index contributed by atoms with van der Waals surface area (Å²) < 4.78 is 9.99. The van der Waals surface area contributed by atoms with Crippen LogP contribution in [0.1, 0.15) is 24.4 Å². The summed E-state index contributed by atoms with van der Waals surface area (Å²) in [5, 5.41) is 3.89. The monoisotopic (exact) mass is 259 g/mol. The molecule has 2 aromatic rings. The third kappa shape index (κ3) is 1.89. The molecule has 0 saturated heterocycles. The normalized spacial score (nSPS) is 16.1. The molecule has 19 heavy (non-hydrogen) atoms. The van der Waals surface area contributed by atoms with E-state index >= 15 is 0 Å². The lowest BCUT2D eigenvalue weighted by atomic mass is 10.1. The number of ether oxygens (including phenoxy) is 1. The van der Waals surface area contributed by atoms with Gasteiger partial charge in [-0.3, -0.25) is 4.79 Å². The summed E-state index contributed by atoms with van der Waals surface area (Å²) in [6, 6.07) is 5.57. The number of carbonyl (C=O) groups excluding carboxylic acids is 1. The van der Waals surface area contributed by atoms with Crippen molar-refractivity contribution in [2.24, 2.45) is 0 Å². The van der Waals surface area contributed by atoms with Crippen molar-refractivity contribution in [3.63, 3.8) is 0 Å². The number of methoxy groups -OCH3 is 1.